The molecule has 1 amide bonds. The summed E-state index contributed by atoms with van der Waals surface area (Å²) in [6, 6.07) is 14.6. The fraction of sp³-hybridized carbons (Fsp3) is 0.160. The summed E-state index contributed by atoms with van der Waals surface area (Å²) in [5.41, 5.74) is 2.20. The number of aliphatic hydroxyl groups is 1. The van der Waals surface area contributed by atoms with Gasteiger partial charge in [0.1, 0.15) is 17.3 Å². The smallest absolute Gasteiger partial charge is 0.300 e. The van der Waals surface area contributed by atoms with Crippen LogP contribution in [0.2, 0.25) is 0 Å². The van der Waals surface area contributed by atoms with Crippen LogP contribution in [0.3, 0.4) is 0 Å². The van der Waals surface area contributed by atoms with Gasteiger partial charge in [-0.25, -0.2) is 0 Å². The fourth-order valence-electron chi connectivity index (χ4n) is 3.94. The summed E-state index contributed by atoms with van der Waals surface area (Å²) in [6.45, 7) is 1.83. The summed E-state index contributed by atoms with van der Waals surface area (Å²) in [7, 11) is 3.05. The zero-order valence-corrected chi connectivity index (χ0v) is 17.9. The molecule has 0 spiro atoms. The molecule has 32 heavy (non-hydrogen) atoms. The first-order valence-electron chi connectivity index (χ1n) is 9.97. The minimum Gasteiger partial charge on any atom is -0.507 e. The number of aliphatic hydroxyl groups excluding tert-OH is 1. The third kappa shape index (κ3) is 3.47. The Morgan fingerprint density at radius 3 is 2.41 bits per heavy atom. The average Bonchev–Trinajstić information content (AvgIpc) is 3.09. The Balaban J connectivity index is 1.95. The summed E-state index contributed by atoms with van der Waals surface area (Å²) >= 11 is 0. The van der Waals surface area contributed by atoms with Crippen LogP contribution in [0.4, 0.5) is 5.69 Å². The summed E-state index contributed by atoms with van der Waals surface area (Å²) in [6.07, 6.45) is 3.18. The van der Waals surface area contributed by atoms with Gasteiger partial charge in [0.15, 0.2) is 0 Å². The number of Topliss-reactive ketones (excluding diaryl/α,β-unsaturated/α-hetero) is 1. The van der Waals surface area contributed by atoms with Crippen molar-refractivity contribution in [3.8, 4) is 11.5 Å². The lowest BCUT2D eigenvalue weighted by Gasteiger charge is -2.26. The number of benzene rings is 2. The molecule has 1 N–H and O–H groups in total. The molecule has 1 aromatic heterocycles. The van der Waals surface area contributed by atoms with Crippen LogP contribution in [0.15, 0.2) is 72.6 Å². The maximum absolute atomic E-state index is 13.2. The second-order valence-corrected chi connectivity index (χ2v) is 7.31. The second-order valence-electron chi connectivity index (χ2n) is 7.31. The zero-order chi connectivity index (χ0) is 22.8. The molecule has 4 rings (SSSR count). The number of amides is 1. The van der Waals surface area contributed by atoms with E-state index < -0.39 is 17.7 Å². The molecule has 0 radical (unpaired) electrons. The molecule has 1 fully saturated rings. The Labute approximate surface area is 185 Å². The first-order chi connectivity index (χ1) is 15.5. The zero-order valence-electron chi connectivity index (χ0n) is 17.9. The van der Waals surface area contributed by atoms with E-state index in [1.165, 1.54) is 12.0 Å². The molecule has 0 saturated carbocycles. The number of nitrogens with zero attached hydrogens (tertiary/aromatic N) is 2. The van der Waals surface area contributed by atoms with E-state index in [0.717, 1.165) is 5.56 Å². The molecule has 1 atom stereocenters. The van der Waals surface area contributed by atoms with Crippen molar-refractivity contribution in [2.75, 3.05) is 19.1 Å². The largest absolute Gasteiger partial charge is 0.507 e. The van der Waals surface area contributed by atoms with Gasteiger partial charge in [-0.05, 0) is 54.4 Å². The van der Waals surface area contributed by atoms with E-state index in [4.69, 9.17) is 9.47 Å². The van der Waals surface area contributed by atoms with Gasteiger partial charge in [0.2, 0.25) is 0 Å². The molecule has 7 heteroatoms. The number of rotatable bonds is 5. The fourth-order valence-corrected chi connectivity index (χ4v) is 3.94. The van der Waals surface area contributed by atoms with Gasteiger partial charge in [-0.15, -0.1) is 0 Å². The average molecular weight is 430 g/mol. The highest BCUT2D eigenvalue weighted by Crippen LogP contribution is 2.44. The topological polar surface area (TPSA) is 89.0 Å². The normalized spacial score (nSPS) is 17.5. The number of aromatic nitrogens is 1. The molecular weight excluding hydrogens is 408 g/mol. The van der Waals surface area contributed by atoms with Crippen molar-refractivity contribution < 1.29 is 24.2 Å². The van der Waals surface area contributed by atoms with E-state index in [-0.39, 0.29) is 11.3 Å². The van der Waals surface area contributed by atoms with Crippen LogP contribution in [-0.2, 0) is 9.59 Å². The van der Waals surface area contributed by atoms with E-state index in [2.05, 4.69) is 4.98 Å². The summed E-state index contributed by atoms with van der Waals surface area (Å²) in [4.78, 5) is 31.9. The number of ketones is 1. The minimum atomic E-state index is -0.873. The van der Waals surface area contributed by atoms with Crippen LogP contribution in [0.5, 0.6) is 11.5 Å². The minimum absolute atomic E-state index is 0.0153. The molecule has 0 bridgehead atoms. The van der Waals surface area contributed by atoms with Crippen LogP contribution in [-0.4, -0.2) is 36.0 Å². The number of carbonyl (C=O) groups excluding carboxylic acids is 2. The van der Waals surface area contributed by atoms with Crippen molar-refractivity contribution >= 4 is 23.1 Å². The van der Waals surface area contributed by atoms with E-state index >= 15 is 0 Å². The monoisotopic (exact) mass is 430 g/mol. The molecule has 2 heterocycles. The highest BCUT2D eigenvalue weighted by atomic mass is 16.5. The van der Waals surface area contributed by atoms with Gasteiger partial charge >= 0.3 is 0 Å². The first kappa shape index (κ1) is 21.1. The lowest BCUT2D eigenvalue weighted by molar-refractivity contribution is -0.132. The standard InChI is InChI=1S/C25H22N2O5/c1-15-13-16(10-11-19(15)31-2)23(28)21-22(17-7-6-12-26-14-17)27(25(30)24(21)29)18-8-4-5-9-20(18)32-3/h4-14,22,28H,1-3H3/b23-21-. The van der Waals surface area contributed by atoms with E-state index in [9.17, 15) is 14.7 Å². The Hall–Kier alpha value is -4.13. The van der Waals surface area contributed by atoms with Crippen LogP contribution >= 0.6 is 0 Å². The number of hydrogen-bond donors (Lipinski definition) is 1. The summed E-state index contributed by atoms with van der Waals surface area (Å²) in [5, 5.41) is 11.2. The maximum atomic E-state index is 13.2. The lowest BCUT2D eigenvalue weighted by atomic mass is 9.95. The van der Waals surface area contributed by atoms with E-state index in [1.54, 1.807) is 74.1 Å². The van der Waals surface area contributed by atoms with Crippen molar-refractivity contribution in [3.05, 3.63) is 89.3 Å². The first-order valence-corrected chi connectivity index (χ1v) is 9.97. The number of anilines is 1. The van der Waals surface area contributed by atoms with Gasteiger partial charge in [0.05, 0.1) is 31.5 Å². The third-order valence-electron chi connectivity index (χ3n) is 5.46. The predicted molar refractivity (Wildman–Crippen MR) is 120 cm³/mol. The Morgan fingerprint density at radius 1 is 1.00 bits per heavy atom. The summed E-state index contributed by atoms with van der Waals surface area (Å²) in [5.74, 6) is -0.713. The van der Waals surface area contributed by atoms with Crippen molar-refractivity contribution in [3.63, 3.8) is 0 Å². The van der Waals surface area contributed by atoms with Gasteiger partial charge in [0.25, 0.3) is 11.7 Å². The van der Waals surface area contributed by atoms with Crippen LogP contribution < -0.4 is 14.4 Å². The Morgan fingerprint density at radius 2 is 1.75 bits per heavy atom. The van der Waals surface area contributed by atoms with Gasteiger partial charge in [-0.3, -0.25) is 19.5 Å². The van der Waals surface area contributed by atoms with Crippen molar-refractivity contribution in [2.24, 2.45) is 0 Å². The summed E-state index contributed by atoms with van der Waals surface area (Å²) < 4.78 is 10.7. The number of ether oxygens (including phenoxy) is 2. The number of hydrogen-bond acceptors (Lipinski definition) is 6. The predicted octanol–water partition coefficient (Wildman–Crippen LogP) is 4.03. The number of methoxy groups -OCH3 is 2. The van der Waals surface area contributed by atoms with Crippen molar-refractivity contribution in [1.29, 1.82) is 0 Å². The number of para-hydroxylation sites is 2. The SMILES string of the molecule is COc1ccc(/C(O)=C2/C(=O)C(=O)N(c3ccccc3OC)C2c2cccnc2)cc1C. The highest BCUT2D eigenvalue weighted by Gasteiger charge is 2.47. The quantitative estimate of drug-likeness (QED) is 0.373. The van der Waals surface area contributed by atoms with Crippen LogP contribution in [0.25, 0.3) is 5.76 Å². The van der Waals surface area contributed by atoms with Crippen LogP contribution in [0.1, 0.15) is 22.7 Å². The molecule has 2 aromatic carbocycles. The van der Waals surface area contributed by atoms with Crippen molar-refractivity contribution in [1.82, 2.24) is 4.98 Å². The molecule has 0 aliphatic carbocycles. The second kappa shape index (κ2) is 8.55. The van der Waals surface area contributed by atoms with Crippen molar-refractivity contribution in [2.45, 2.75) is 13.0 Å². The molecule has 7 nitrogen and oxygen atoms in total. The number of pyridine rings is 1. The molecule has 1 aliphatic heterocycles. The van der Waals surface area contributed by atoms with E-state index in [1.807, 2.05) is 6.92 Å². The molecule has 1 aliphatic rings. The van der Waals surface area contributed by atoms with Gasteiger partial charge in [0, 0.05) is 18.0 Å². The molecule has 1 unspecified atom stereocenters. The molecule has 162 valence electrons. The third-order valence-corrected chi connectivity index (χ3v) is 5.46. The van der Waals surface area contributed by atoms with Gasteiger partial charge in [-0.1, -0.05) is 18.2 Å². The van der Waals surface area contributed by atoms with Gasteiger partial charge in [-0.2, -0.15) is 0 Å². The van der Waals surface area contributed by atoms with Crippen LogP contribution in [0, 0.1) is 6.92 Å². The maximum Gasteiger partial charge on any atom is 0.300 e. The Bertz CT molecular complexity index is 1220. The molecule has 3 aromatic rings. The van der Waals surface area contributed by atoms with Gasteiger partial charge < -0.3 is 14.6 Å². The number of aryl methyl sites for hydroxylation is 1. The Kier molecular flexibility index (Phi) is 5.64. The molecular formula is C25H22N2O5. The number of carbonyl (C=O) groups is 2. The lowest BCUT2D eigenvalue weighted by Crippen LogP contribution is -2.29. The highest BCUT2D eigenvalue weighted by molar-refractivity contribution is 6.51. The molecule has 1 saturated heterocycles. The van der Waals surface area contributed by atoms with E-state index in [0.29, 0.717) is 28.3 Å².